The van der Waals surface area contributed by atoms with Crippen LogP contribution in [-0.4, -0.2) is 14.2 Å². The molecule has 4 heteroatoms. The summed E-state index contributed by atoms with van der Waals surface area (Å²) in [4.78, 5) is 7.71. The summed E-state index contributed by atoms with van der Waals surface area (Å²) < 4.78 is 0. The first-order valence-corrected chi connectivity index (χ1v) is 2.40. The van der Waals surface area contributed by atoms with Crippen LogP contribution in [0.2, 0.25) is 0 Å². The molecule has 0 aromatic carbocycles. The third kappa shape index (κ3) is 269. The van der Waals surface area contributed by atoms with E-state index < -0.39 is 9.36 Å². The van der Waals surface area contributed by atoms with Gasteiger partial charge in [-0.3, -0.25) is 0 Å². The molecule has 0 aliphatic rings. The van der Waals surface area contributed by atoms with Gasteiger partial charge in [-0.1, -0.05) is 0 Å². The summed E-state index contributed by atoms with van der Waals surface area (Å²) in [5.41, 5.74) is 0. The summed E-state index contributed by atoms with van der Waals surface area (Å²) >= 11 is 0. The van der Waals surface area contributed by atoms with Crippen molar-refractivity contribution >= 4 is 9.36 Å². The van der Waals surface area contributed by atoms with Crippen molar-refractivity contribution in [1.82, 2.24) is 0 Å². The lowest BCUT2D eigenvalue weighted by Crippen LogP contribution is -2.36. The Morgan fingerprint density at radius 1 is 1.50 bits per heavy atom. The average Bonchev–Trinajstić information content (AvgIpc) is 0.811. The Morgan fingerprint density at radius 2 is 1.50 bits per heavy atom. The molecule has 0 aromatic rings. The summed E-state index contributed by atoms with van der Waals surface area (Å²) in [5.74, 6) is 0. The molecule has 0 heterocycles. The molecule has 0 rings (SSSR count). The second-order valence-electron chi connectivity index (χ2n) is 0.425. The van der Waals surface area contributed by atoms with Crippen LogP contribution >= 0.6 is 0 Å². The zero-order chi connectivity index (χ0) is 3.58. The molecule has 25 valence electrons. The predicted molar refractivity (Wildman–Crippen MR) is 16.3 cm³/mol. The Balaban J connectivity index is 2.32. The fourth-order valence-electron chi connectivity index (χ4n) is 0. The molecule has 4 heavy (non-hydrogen) atoms. The first-order chi connectivity index (χ1) is 1.73. The smallest absolute Gasteiger partial charge is 0.393 e. The summed E-state index contributed by atoms with van der Waals surface area (Å²) in [7, 11) is -1.88. The van der Waals surface area contributed by atoms with Crippen molar-refractivity contribution in [2.24, 2.45) is 10.8 Å². The quantitative estimate of drug-likeness (QED) is 0.289. The van der Waals surface area contributed by atoms with E-state index >= 15 is 0 Å². The van der Waals surface area contributed by atoms with Crippen LogP contribution < -0.4 is 10.8 Å². The highest BCUT2D eigenvalue weighted by atomic mass is 28.3. The molecule has 0 atom stereocenters. The van der Waals surface area contributed by atoms with Crippen LogP contribution in [0.4, 0.5) is 0 Å². The van der Waals surface area contributed by atoms with Gasteiger partial charge in [-0.15, -0.1) is 0 Å². The normalized spacial score (nSPS) is 9.00. The van der Waals surface area contributed by atoms with Crippen LogP contribution in [0.1, 0.15) is 0 Å². The molecule has 0 aliphatic carbocycles. The van der Waals surface area contributed by atoms with Crippen LogP contribution in [0.25, 0.3) is 0 Å². The van der Waals surface area contributed by atoms with Crippen LogP contribution in [0.5, 0.6) is 0 Å². The lowest BCUT2D eigenvalue weighted by molar-refractivity contribution is 0.574. The van der Waals surface area contributed by atoms with E-state index in [0.29, 0.717) is 0 Å². The second-order valence-corrected chi connectivity index (χ2v) is 1.27. The van der Waals surface area contributed by atoms with E-state index in [2.05, 4.69) is 10.8 Å². The minimum atomic E-state index is -1.88. The van der Waals surface area contributed by atoms with Gasteiger partial charge in [0.2, 0.25) is 0 Å². The van der Waals surface area contributed by atoms with E-state index in [1.54, 1.807) is 0 Å². The largest absolute Gasteiger partial charge is 0.407 e. The molecular formula is H5N2OSi. The minimum Gasteiger partial charge on any atom is -0.407 e. The van der Waals surface area contributed by atoms with Gasteiger partial charge in [0.05, 0.1) is 0 Å². The van der Waals surface area contributed by atoms with Crippen molar-refractivity contribution in [3.8, 4) is 0 Å². The molecule has 0 spiro atoms. The van der Waals surface area contributed by atoms with E-state index in [1.807, 2.05) is 0 Å². The zero-order valence-electron chi connectivity index (χ0n) is 2.10. The molecule has 5 N–H and O–H groups in total. The third-order valence-electron chi connectivity index (χ3n) is 0. The maximum atomic E-state index is 7.71. The molecule has 0 unspecified atom stereocenters. The SMILES string of the molecule is N[Si](N)O. The highest BCUT2D eigenvalue weighted by Gasteiger charge is 1.80. The summed E-state index contributed by atoms with van der Waals surface area (Å²) in [6.45, 7) is 0. The van der Waals surface area contributed by atoms with Crippen molar-refractivity contribution in [2.75, 3.05) is 0 Å². The second kappa shape index (κ2) is 1.42. The maximum Gasteiger partial charge on any atom is 0.393 e. The van der Waals surface area contributed by atoms with Gasteiger partial charge in [0, 0.05) is 0 Å². The zero-order valence-corrected chi connectivity index (χ0v) is 3.10. The van der Waals surface area contributed by atoms with Gasteiger partial charge in [-0.25, -0.2) is 0 Å². The molecule has 0 bridgehead atoms. The standard InChI is InChI=1S/H5N2OSi/c1-4(2)3/h3H,1-2H2. The fraction of sp³-hybridized carbons (Fsp3) is 0. The topological polar surface area (TPSA) is 72.3 Å². The molecule has 1 radical (unpaired) electrons. The monoisotopic (exact) mass is 77.0 g/mol. The van der Waals surface area contributed by atoms with Crippen LogP contribution in [0, 0.1) is 0 Å². The van der Waals surface area contributed by atoms with Crippen LogP contribution in [0.15, 0.2) is 0 Å². The molecule has 0 aliphatic heterocycles. The van der Waals surface area contributed by atoms with E-state index in [-0.39, 0.29) is 0 Å². The first kappa shape index (κ1) is 4.10. The number of rotatable bonds is 0. The minimum absolute atomic E-state index is 1.88. The molecule has 3 nitrogen and oxygen atoms in total. The van der Waals surface area contributed by atoms with E-state index in [1.165, 1.54) is 0 Å². The van der Waals surface area contributed by atoms with E-state index in [4.69, 9.17) is 4.80 Å². The van der Waals surface area contributed by atoms with Gasteiger partial charge < -0.3 is 15.6 Å². The van der Waals surface area contributed by atoms with Crippen molar-refractivity contribution in [1.29, 1.82) is 0 Å². The van der Waals surface area contributed by atoms with Crippen molar-refractivity contribution in [3.63, 3.8) is 0 Å². The van der Waals surface area contributed by atoms with Gasteiger partial charge in [0.1, 0.15) is 0 Å². The lowest BCUT2D eigenvalue weighted by Gasteiger charge is -1.75. The maximum absolute atomic E-state index is 7.71. The van der Waals surface area contributed by atoms with Crippen molar-refractivity contribution < 1.29 is 4.80 Å². The Bertz CT molecular complexity index is 10.8. The Labute approximate surface area is 26.1 Å². The summed E-state index contributed by atoms with van der Waals surface area (Å²) in [6.07, 6.45) is 0. The van der Waals surface area contributed by atoms with Gasteiger partial charge in [0.25, 0.3) is 0 Å². The average molecular weight is 77.1 g/mol. The molecule has 0 fully saturated rings. The van der Waals surface area contributed by atoms with Crippen LogP contribution in [-0.2, 0) is 0 Å². The van der Waals surface area contributed by atoms with Gasteiger partial charge in [-0.05, 0) is 0 Å². The Morgan fingerprint density at radius 3 is 1.50 bits per heavy atom. The fourth-order valence-corrected chi connectivity index (χ4v) is 0. The van der Waals surface area contributed by atoms with E-state index in [9.17, 15) is 0 Å². The summed E-state index contributed by atoms with van der Waals surface area (Å²) in [5, 5.41) is 9.09. The third-order valence-corrected chi connectivity index (χ3v) is 0. The molecule has 0 amide bonds. The number of hydrogen-bond acceptors (Lipinski definition) is 3. The number of nitrogens with two attached hydrogens (primary N) is 2. The lowest BCUT2D eigenvalue weighted by atomic mass is 13.9. The molecule has 0 aromatic heterocycles. The molecule has 0 saturated heterocycles. The van der Waals surface area contributed by atoms with Gasteiger partial charge in [0.15, 0.2) is 0 Å². The molecular weight excluding hydrogens is 72.1 g/mol. The Kier molecular flexibility index (Phi) is 1.45. The highest BCUT2D eigenvalue weighted by molar-refractivity contribution is 6.41. The Hall–Kier alpha value is 0.0969. The van der Waals surface area contributed by atoms with E-state index in [0.717, 1.165) is 0 Å². The highest BCUT2D eigenvalue weighted by Crippen LogP contribution is 1.20. The first-order valence-electron chi connectivity index (χ1n) is 0.801. The summed E-state index contributed by atoms with van der Waals surface area (Å²) in [6, 6.07) is 0. The predicted octanol–water partition coefficient (Wildman–Crippen LogP) is -2.12. The van der Waals surface area contributed by atoms with Crippen molar-refractivity contribution in [3.05, 3.63) is 0 Å². The molecule has 0 saturated carbocycles. The van der Waals surface area contributed by atoms with Crippen LogP contribution in [0.3, 0.4) is 0 Å². The van der Waals surface area contributed by atoms with Gasteiger partial charge in [-0.2, -0.15) is 0 Å². The van der Waals surface area contributed by atoms with Crippen molar-refractivity contribution in [2.45, 2.75) is 0 Å². The van der Waals surface area contributed by atoms with Gasteiger partial charge >= 0.3 is 9.36 Å². The number of hydrogen-bond donors (Lipinski definition) is 3.